The lowest BCUT2D eigenvalue weighted by Crippen LogP contribution is -2.46. The summed E-state index contributed by atoms with van der Waals surface area (Å²) < 4.78 is 0. The van der Waals surface area contributed by atoms with Crippen LogP contribution in [0.4, 0.5) is 0 Å². The maximum atomic E-state index is 5.68. The smallest absolute Gasteiger partial charge is 0.00927 e. The first-order chi connectivity index (χ1) is 8.35. The minimum atomic E-state index is 0.422. The molecule has 1 heterocycles. The minimum absolute atomic E-state index is 0.422. The maximum absolute atomic E-state index is 5.68. The van der Waals surface area contributed by atoms with Crippen molar-refractivity contribution in [3.63, 3.8) is 0 Å². The van der Waals surface area contributed by atoms with Crippen molar-refractivity contribution in [2.75, 3.05) is 19.6 Å². The van der Waals surface area contributed by atoms with Crippen LogP contribution in [0.1, 0.15) is 60.3 Å². The fourth-order valence-electron chi connectivity index (χ4n) is 3.40. The highest BCUT2D eigenvalue weighted by Gasteiger charge is 2.28. The normalized spacial score (nSPS) is 30.7. The molecule has 0 aromatic heterocycles. The van der Waals surface area contributed by atoms with Gasteiger partial charge in [-0.2, -0.15) is 0 Å². The third kappa shape index (κ3) is 4.89. The number of hydrogen-bond acceptors (Lipinski definition) is 2. The number of hydrogen-bond donors (Lipinski definition) is 1. The third-order valence-electron chi connectivity index (χ3n) is 4.84. The van der Waals surface area contributed by atoms with Gasteiger partial charge in [0.2, 0.25) is 0 Å². The highest BCUT2D eigenvalue weighted by molar-refractivity contribution is 4.82. The number of nitrogens with two attached hydrogens (primary N) is 1. The summed E-state index contributed by atoms with van der Waals surface area (Å²) in [6, 6.07) is 0.763. The van der Waals surface area contributed by atoms with Crippen molar-refractivity contribution in [2.45, 2.75) is 66.3 Å². The van der Waals surface area contributed by atoms with Crippen molar-refractivity contribution in [2.24, 2.45) is 23.0 Å². The van der Waals surface area contributed by atoms with Gasteiger partial charge in [-0.1, -0.05) is 27.7 Å². The summed E-state index contributed by atoms with van der Waals surface area (Å²) in [5, 5.41) is 0. The van der Waals surface area contributed by atoms with Crippen LogP contribution < -0.4 is 5.73 Å². The van der Waals surface area contributed by atoms with Crippen LogP contribution in [0.5, 0.6) is 0 Å². The zero-order chi connectivity index (χ0) is 13.8. The van der Waals surface area contributed by atoms with Gasteiger partial charge in [0.25, 0.3) is 0 Å². The van der Waals surface area contributed by atoms with Gasteiger partial charge in [0.05, 0.1) is 0 Å². The molecule has 3 unspecified atom stereocenters. The predicted octanol–water partition coefficient (Wildman–Crippen LogP) is 3.51. The molecular weight excluding hydrogens is 220 g/mol. The third-order valence-corrected chi connectivity index (χ3v) is 4.84. The van der Waals surface area contributed by atoms with Crippen molar-refractivity contribution in [1.29, 1.82) is 0 Å². The molecule has 2 nitrogen and oxygen atoms in total. The fraction of sp³-hybridized carbons (Fsp3) is 1.00. The van der Waals surface area contributed by atoms with Crippen molar-refractivity contribution < 1.29 is 0 Å². The van der Waals surface area contributed by atoms with Crippen LogP contribution in [-0.2, 0) is 0 Å². The van der Waals surface area contributed by atoms with Gasteiger partial charge in [0.1, 0.15) is 0 Å². The van der Waals surface area contributed by atoms with E-state index in [0.717, 1.165) is 30.8 Å². The predicted molar refractivity (Wildman–Crippen MR) is 80.7 cm³/mol. The molecule has 0 radical (unpaired) electrons. The summed E-state index contributed by atoms with van der Waals surface area (Å²) in [4.78, 5) is 2.71. The highest BCUT2D eigenvalue weighted by Crippen LogP contribution is 2.29. The lowest BCUT2D eigenvalue weighted by Gasteiger charge is -2.41. The Kier molecular flexibility index (Phi) is 6.13. The summed E-state index contributed by atoms with van der Waals surface area (Å²) in [7, 11) is 0. The minimum Gasteiger partial charge on any atom is -0.330 e. The van der Waals surface area contributed by atoms with E-state index in [1.165, 1.54) is 32.4 Å². The Labute approximate surface area is 114 Å². The van der Waals surface area contributed by atoms with Gasteiger partial charge in [-0.15, -0.1) is 0 Å². The molecule has 0 spiro atoms. The zero-order valence-electron chi connectivity index (χ0n) is 13.2. The molecule has 1 aliphatic rings. The van der Waals surface area contributed by atoms with Crippen molar-refractivity contribution in [3.8, 4) is 0 Å². The maximum Gasteiger partial charge on any atom is 0.00927 e. The lowest BCUT2D eigenvalue weighted by molar-refractivity contribution is 0.0748. The molecule has 1 aliphatic heterocycles. The van der Waals surface area contributed by atoms with Crippen LogP contribution in [0.15, 0.2) is 0 Å². The molecule has 0 aliphatic carbocycles. The Morgan fingerprint density at radius 2 is 1.83 bits per heavy atom. The van der Waals surface area contributed by atoms with E-state index >= 15 is 0 Å². The molecule has 108 valence electrons. The van der Waals surface area contributed by atoms with Crippen molar-refractivity contribution in [3.05, 3.63) is 0 Å². The topological polar surface area (TPSA) is 29.3 Å². The molecule has 1 fully saturated rings. The number of likely N-dealkylation sites (tertiary alicyclic amines) is 1. The van der Waals surface area contributed by atoms with E-state index in [1.54, 1.807) is 0 Å². The summed E-state index contributed by atoms with van der Waals surface area (Å²) in [5.74, 6) is 1.72. The molecule has 0 aromatic carbocycles. The molecule has 0 amide bonds. The van der Waals surface area contributed by atoms with E-state index < -0.39 is 0 Å². The Balaban J connectivity index is 2.34. The van der Waals surface area contributed by atoms with Crippen LogP contribution in [0.3, 0.4) is 0 Å². The van der Waals surface area contributed by atoms with E-state index in [4.69, 9.17) is 5.73 Å². The molecule has 1 saturated heterocycles. The number of piperidine rings is 1. The second-order valence-electron chi connectivity index (χ2n) is 7.36. The van der Waals surface area contributed by atoms with Crippen LogP contribution >= 0.6 is 0 Å². The highest BCUT2D eigenvalue weighted by atomic mass is 15.2. The first kappa shape index (κ1) is 16.0. The molecule has 3 atom stereocenters. The van der Waals surface area contributed by atoms with E-state index in [0.29, 0.717) is 5.41 Å². The van der Waals surface area contributed by atoms with Crippen LogP contribution in [0.25, 0.3) is 0 Å². The fourth-order valence-corrected chi connectivity index (χ4v) is 3.40. The van der Waals surface area contributed by atoms with Gasteiger partial charge < -0.3 is 10.6 Å². The first-order valence-electron chi connectivity index (χ1n) is 7.80. The molecule has 2 N–H and O–H groups in total. The Morgan fingerprint density at radius 3 is 2.44 bits per heavy atom. The Hall–Kier alpha value is -0.0800. The van der Waals surface area contributed by atoms with Crippen LogP contribution in [0, 0.1) is 17.3 Å². The lowest BCUT2D eigenvalue weighted by atomic mass is 9.83. The van der Waals surface area contributed by atoms with Gasteiger partial charge in [-0.3, -0.25) is 0 Å². The van der Waals surface area contributed by atoms with Gasteiger partial charge in [-0.25, -0.2) is 0 Å². The second-order valence-corrected chi connectivity index (χ2v) is 7.36. The average Bonchev–Trinajstić information content (AvgIpc) is 2.24. The quantitative estimate of drug-likeness (QED) is 0.786. The average molecular weight is 254 g/mol. The summed E-state index contributed by atoms with van der Waals surface area (Å²) >= 11 is 0. The first-order valence-corrected chi connectivity index (χ1v) is 7.80. The van der Waals surface area contributed by atoms with Gasteiger partial charge in [-0.05, 0) is 62.9 Å². The molecule has 0 aromatic rings. The van der Waals surface area contributed by atoms with Crippen LogP contribution in [-0.4, -0.2) is 30.6 Å². The zero-order valence-corrected chi connectivity index (χ0v) is 13.2. The van der Waals surface area contributed by atoms with Crippen molar-refractivity contribution >= 4 is 0 Å². The number of rotatable bonds is 6. The van der Waals surface area contributed by atoms with Crippen molar-refractivity contribution in [1.82, 2.24) is 4.90 Å². The van der Waals surface area contributed by atoms with E-state index in [9.17, 15) is 0 Å². The van der Waals surface area contributed by atoms with E-state index in [2.05, 4.69) is 39.5 Å². The van der Waals surface area contributed by atoms with E-state index in [-0.39, 0.29) is 0 Å². The second kappa shape index (κ2) is 6.91. The SMILES string of the molecule is CC1CC(C)C(C)N(CCCC(C)(C)CCN)C1. The Bertz CT molecular complexity index is 237. The summed E-state index contributed by atoms with van der Waals surface area (Å²) in [6.45, 7) is 15.3. The standard InChI is InChI=1S/C16H34N2/c1-13-11-14(2)15(3)18(12-13)10-6-7-16(4,5)8-9-17/h13-15H,6-12,17H2,1-5H3. The molecule has 2 heteroatoms. The molecule has 0 bridgehead atoms. The monoisotopic (exact) mass is 254 g/mol. The van der Waals surface area contributed by atoms with E-state index in [1.807, 2.05) is 0 Å². The molecular formula is C16H34N2. The Morgan fingerprint density at radius 1 is 1.17 bits per heavy atom. The van der Waals surface area contributed by atoms with Gasteiger partial charge in [0, 0.05) is 12.6 Å². The molecule has 18 heavy (non-hydrogen) atoms. The number of nitrogens with zero attached hydrogens (tertiary/aromatic N) is 1. The molecule has 0 saturated carbocycles. The summed E-state index contributed by atoms with van der Waals surface area (Å²) in [6.07, 6.45) is 5.17. The molecule has 1 rings (SSSR count). The summed E-state index contributed by atoms with van der Waals surface area (Å²) in [5.41, 5.74) is 6.10. The van der Waals surface area contributed by atoms with Gasteiger partial charge in [0.15, 0.2) is 0 Å². The van der Waals surface area contributed by atoms with Gasteiger partial charge >= 0.3 is 0 Å². The largest absolute Gasteiger partial charge is 0.330 e. The van der Waals surface area contributed by atoms with Crippen LogP contribution in [0.2, 0.25) is 0 Å².